The van der Waals surface area contributed by atoms with Crippen LogP contribution in [0.4, 0.5) is 5.13 Å². The molecular formula is C26H27N5OS. The summed E-state index contributed by atoms with van der Waals surface area (Å²) in [6.45, 7) is 4.64. The first-order chi connectivity index (χ1) is 16.2. The van der Waals surface area contributed by atoms with Crippen LogP contribution in [0, 0.1) is 12.8 Å². The van der Waals surface area contributed by atoms with E-state index in [2.05, 4.69) is 38.8 Å². The molecule has 0 aliphatic carbocycles. The number of aryl methyl sites for hydroxylation is 1. The molecule has 1 unspecified atom stereocenters. The summed E-state index contributed by atoms with van der Waals surface area (Å²) in [5.41, 5.74) is 6.31. The molecule has 1 fully saturated rings. The molecule has 2 aliphatic heterocycles. The van der Waals surface area contributed by atoms with Crippen LogP contribution >= 0.6 is 11.3 Å². The number of carbonyl (C=O) groups excluding carboxylic acids is 1. The third-order valence-electron chi connectivity index (χ3n) is 6.08. The Bertz CT molecular complexity index is 1210. The van der Waals surface area contributed by atoms with Gasteiger partial charge in [-0.15, -0.1) is 0 Å². The fourth-order valence-electron chi connectivity index (χ4n) is 4.40. The molecule has 1 atom stereocenters. The lowest BCUT2D eigenvalue weighted by Crippen LogP contribution is -2.32. The van der Waals surface area contributed by atoms with Gasteiger partial charge >= 0.3 is 0 Å². The summed E-state index contributed by atoms with van der Waals surface area (Å²) in [4.78, 5) is 27.2. The number of hydrogen-bond donors (Lipinski definition) is 2. The zero-order valence-corrected chi connectivity index (χ0v) is 19.5. The second-order valence-corrected chi connectivity index (χ2v) is 9.56. The highest BCUT2D eigenvalue weighted by molar-refractivity contribution is 7.19. The van der Waals surface area contributed by atoms with Crippen LogP contribution in [0.15, 0.2) is 53.7 Å². The summed E-state index contributed by atoms with van der Waals surface area (Å²) in [5.74, 6) is 0.465. The monoisotopic (exact) mass is 457 g/mol. The van der Waals surface area contributed by atoms with E-state index in [-0.39, 0.29) is 5.91 Å². The van der Waals surface area contributed by atoms with Gasteiger partial charge in [-0.3, -0.25) is 14.8 Å². The molecule has 0 spiro atoms. The molecule has 6 nitrogen and oxygen atoms in total. The van der Waals surface area contributed by atoms with E-state index >= 15 is 0 Å². The number of amides is 1. The first kappa shape index (κ1) is 21.7. The van der Waals surface area contributed by atoms with E-state index in [0.717, 1.165) is 59.0 Å². The molecule has 2 aliphatic rings. The maximum Gasteiger partial charge on any atom is 0.226 e. The quantitative estimate of drug-likeness (QED) is 0.554. The maximum absolute atomic E-state index is 12.5. The van der Waals surface area contributed by atoms with Gasteiger partial charge in [0, 0.05) is 18.2 Å². The van der Waals surface area contributed by atoms with Crippen molar-refractivity contribution < 1.29 is 4.79 Å². The number of nitrogens with one attached hydrogen (secondary N) is 2. The molecule has 0 saturated carbocycles. The molecule has 4 heterocycles. The standard InChI is InChI=1S/C26H27N5OS/c1-17-25(33-26(30-17)31-24(32)13-18-5-4-11-27-15-18)19-7-9-22-20(14-19)16-29-23(22)10-8-21-6-2-3-12-28-21/h2-3,6-10,12,14,18,27H,4-5,11,13,15-16H2,1H3,(H,30,31,32)/b10-8+. The number of nitrogens with zero attached hydrogens (tertiary/aromatic N) is 3. The minimum absolute atomic E-state index is 0.0516. The summed E-state index contributed by atoms with van der Waals surface area (Å²) in [7, 11) is 0. The molecule has 1 saturated heterocycles. The summed E-state index contributed by atoms with van der Waals surface area (Å²) in [6, 6.07) is 12.3. The van der Waals surface area contributed by atoms with Crippen molar-refractivity contribution in [3.63, 3.8) is 0 Å². The van der Waals surface area contributed by atoms with Crippen LogP contribution in [0.25, 0.3) is 16.5 Å². The number of aliphatic imine (C=N–C) groups is 1. The van der Waals surface area contributed by atoms with E-state index in [4.69, 9.17) is 4.99 Å². The van der Waals surface area contributed by atoms with Crippen molar-refractivity contribution in [2.45, 2.75) is 32.7 Å². The molecule has 1 aromatic carbocycles. The number of fused-ring (bicyclic) bond motifs is 1. The Morgan fingerprint density at radius 2 is 2.21 bits per heavy atom. The number of pyridine rings is 1. The van der Waals surface area contributed by atoms with Crippen LogP contribution in [0.2, 0.25) is 0 Å². The van der Waals surface area contributed by atoms with Crippen LogP contribution in [-0.4, -0.2) is 34.7 Å². The predicted octanol–water partition coefficient (Wildman–Crippen LogP) is 4.86. The lowest BCUT2D eigenvalue weighted by Gasteiger charge is -2.21. The van der Waals surface area contributed by atoms with Gasteiger partial charge in [0.1, 0.15) is 0 Å². The van der Waals surface area contributed by atoms with Crippen molar-refractivity contribution in [2.75, 3.05) is 18.4 Å². The Hall–Kier alpha value is -3.16. The van der Waals surface area contributed by atoms with Crippen LogP contribution in [0.3, 0.4) is 0 Å². The van der Waals surface area contributed by atoms with E-state index in [1.54, 1.807) is 6.20 Å². The number of benzene rings is 1. The maximum atomic E-state index is 12.5. The highest BCUT2D eigenvalue weighted by Crippen LogP contribution is 2.35. The zero-order valence-electron chi connectivity index (χ0n) is 18.7. The number of allylic oxidation sites excluding steroid dienone is 1. The highest BCUT2D eigenvalue weighted by atomic mass is 32.1. The summed E-state index contributed by atoms with van der Waals surface area (Å²) in [6.07, 6.45) is 8.61. The number of thiazole rings is 1. The Balaban J connectivity index is 1.27. The Labute approximate surface area is 197 Å². The number of piperidine rings is 1. The van der Waals surface area contributed by atoms with E-state index in [1.807, 2.05) is 37.3 Å². The minimum atomic E-state index is 0.0516. The van der Waals surface area contributed by atoms with Gasteiger partial charge in [-0.25, -0.2) is 4.98 Å². The molecule has 2 N–H and O–H groups in total. The van der Waals surface area contributed by atoms with Crippen molar-refractivity contribution in [1.82, 2.24) is 15.3 Å². The number of carbonyl (C=O) groups is 1. The molecule has 5 rings (SSSR count). The molecular weight excluding hydrogens is 430 g/mol. The third kappa shape index (κ3) is 5.10. The van der Waals surface area contributed by atoms with Crippen LogP contribution in [0.1, 0.15) is 41.8 Å². The van der Waals surface area contributed by atoms with Gasteiger partial charge in [0.05, 0.1) is 28.5 Å². The Morgan fingerprint density at radius 1 is 1.27 bits per heavy atom. The Kier molecular flexibility index (Phi) is 6.41. The summed E-state index contributed by atoms with van der Waals surface area (Å²) in [5, 5.41) is 7.06. The second kappa shape index (κ2) is 9.77. The summed E-state index contributed by atoms with van der Waals surface area (Å²) < 4.78 is 0. The number of hydrogen-bond acceptors (Lipinski definition) is 6. The van der Waals surface area contributed by atoms with Crippen molar-refractivity contribution in [3.05, 3.63) is 71.2 Å². The molecule has 3 aromatic rings. The lowest BCUT2D eigenvalue weighted by molar-refractivity contribution is -0.117. The molecule has 168 valence electrons. The fourth-order valence-corrected chi connectivity index (χ4v) is 5.38. The third-order valence-corrected chi connectivity index (χ3v) is 7.20. The zero-order chi connectivity index (χ0) is 22.6. The first-order valence-electron chi connectivity index (χ1n) is 11.4. The molecule has 1 amide bonds. The normalized spacial score (nSPS) is 17.7. The second-order valence-electron chi connectivity index (χ2n) is 8.56. The topological polar surface area (TPSA) is 79.3 Å². The molecule has 33 heavy (non-hydrogen) atoms. The van der Waals surface area contributed by atoms with E-state index < -0.39 is 0 Å². The van der Waals surface area contributed by atoms with E-state index in [0.29, 0.717) is 24.0 Å². The van der Waals surface area contributed by atoms with Crippen molar-refractivity contribution in [2.24, 2.45) is 10.9 Å². The molecule has 2 aromatic heterocycles. The highest BCUT2D eigenvalue weighted by Gasteiger charge is 2.20. The van der Waals surface area contributed by atoms with Crippen molar-refractivity contribution in [3.8, 4) is 10.4 Å². The van der Waals surface area contributed by atoms with Crippen LogP contribution in [0.5, 0.6) is 0 Å². The summed E-state index contributed by atoms with van der Waals surface area (Å²) >= 11 is 1.54. The number of aromatic nitrogens is 2. The van der Waals surface area contributed by atoms with Gasteiger partial charge in [-0.2, -0.15) is 0 Å². The number of rotatable bonds is 6. The van der Waals surface area contributed by atoms with Gasteiger partial charge in [0.2, 0.25) is 5.91 Å². The minimum Gasteiger partial charge on any atom is -0.316 e. The fraction of sp³-hybridized carbons (Fsp3) is 0.308. The molecule has 7 heteroatoms. The van der Waals surface area contributed by atoms with Gasteiger partial charge in [0.25, 0.3) is 0 Å². The van der Waals surface area contributed by atoms with Gasteiger partial charge in [-0.1, -0.05) is 29.5 Å². The smallest absolute Gasteiger partial charge is 0.226 e. The molecule has 0 radical (unpaired) electrons. The van der Waals surface area contributed by atoms with Gasteiger partial charge < -0.3 is 10.6 Å². The van der Waals surface area contributed by atoms with Crippen molar-refractivity contribution in [1.29, 1.82) is 0 Å². The van der Waals surface area contributed by atoms with Crippen LogP contribution < -0.4 is 10.6 Å². The largest absolute Gasteiger partial charge is 0.316 e. The van der Waals surface area contributed by atoms with E-state index in [1.165, 1.54) is 16.9 Å². The lowest BCUT2D eigenvalue weighted by atomic mass is 9.96. The van der Waals surface area contributed by atoms with Crippen molar-refractivity contribution >= 4 is 34.2 Å². The average molecular weight is 458 g/mol. The first-order valence-corrected chi connectivity index (χ1v) is 12.2. The van der Waals surface area contributed by atoms with E-state index in [9.17, 15) is 4.79 Å². The van der Waals surface area contributed by atoms with Gasteiger partial charge in [-0.05, 0) is 80.3 Å². The van der Waals surface area contributed by atoms with Crippen LogP contribution in [-0.2, 0) is 11.3 Å². The van der Waals surface area contributed by atoms with Gasteiger partial charge in [0.15, 0.2) is 5.13 Å². The molecule has 0 bridgehead atoms. The predicted molar refractivity (Wildman–Crippen MR) is 135 cm³/mol. The average Bonchev–Trinajstić information content (AvgIpc) is 3.41. The number of anilines is 1. The SMILES string of the molecule is Cc1nc(NC(=O)CC2CCCNC2)sc1-c1ccc2c(c1)CN=C2/C=C/c1ccccn1. The Morgan fingerprint density at radius 3 is 3.03 bits per heavy atom.